The Morgan fingerprint density at radius 1 is 1.09 bits per heavy atom. The molecule has 0 radical (unpaired) electrons. The molecule has 0 saturated carbocycles. The highest BCUT2D eigenvalue weighted by molar-refractivity contribution is 6.07. The third-order valence-electron chi connectivity index (χ3n) is 5.09. The van der Waals surface area contributed by atoms with E-state index in [9.17, 15) is 9.59 Å². The smallest absolute Gasteiger partial charge is 0.255 e. The summed E-state index contributed by atoms with van der Waals surface area (Å²) in [5.41, 5.74) is 3.19. The summed E-state index contributed by atoms with van der Waals surface area (Å²) in [4.78, 5) is 29.3. The van der Waals surface area contributed by atoms with Crippen LogP contribution in [0.5, 0.6) is 5.75 Å². The number of benzene rings is 2. The van der Waals surface area contributed by atoms with Crippen LogP contribution in [0.3, 0.4) is 0 Å². The van der Waals surface area contributed by atoms with E-state index < -0.39 is 0 Å². The van der Waals surface area contributed by atoms with Crippen LogP contribution < -0.4 is 10.1 Å². The maximum Gasteiger partial charge on any atom is 0.255 e. The van der Waals surface area contributed by atoms with E-state index in [0.717, 1.165) is 11.3 Å². The molecule has 32 heavy (non-hydrogen) atoms. The van der Waals surface area contributed by atoms with E-state index in [4.69, 9.17) is 9.26 Å². The topological polar surface area (TPSA) is 99.2 Å². The van der Waals surface area contributed by atoms with Gasteiger partial charge in [0, 0.05) is 36.3 Å². The summed E-state index contributed by atoms with van der Waals surface area (Å²) < 4.78 is 12.6. The van der Waals surface area contributed by atoms with Crippen molar-refractivity contribution in [1.29, 1.82) is 0 Å². The second-order valence-corrected chi connectivity index (χ2v) is 7.34. The third kappa shape index (κ3) is 4.44. The van der Waals surface area contributed by atoms with Gasteiger partial charge in [0.15, 0.2) is 5.82 Å². The van der Waals surface area contributed by atoms with Crippen LogP contribution in [0, 0.1) is 13.8 Å². The van der Waals surface area contributed by atoms with Crippen LogP contribution >= 0.6 is 0 Å². The maximum atomic E-state index is 12.7. The number of hydrogen-bond donors (Lipinski definition) is 1. The first-order chi connectivity index (χ1) is 15.4. The molecule has 4 rings (SSSR count). The average molecular weight is 430 g/mol. The number of nitrogens with zero attached hydrogens (tertiary/aromatic N) is 3. The lowest BCUT2D eigenvalue weighted by Gasteiger charge is -2.09. The van der Waals surface area contributed by atoms with Gasteiger partial charge in [0.2, 0.25) is 5.78 Å². The van der Waals surface area contributed by atoms with Gasteiger partial charge < -0.3 is 19.1 Å². The number of ether oxygens (including phenoxy) is 1. The van der Waals surface area contributed by atoms with E-state index in [1.807, 2.05) is 13.8 Å². The van der Waals surface area contributed by atoms with E-state index in [-0.39, 0.29) is 11.7 Å². The first-order valence-corrected chi connectivity index (χ1v) is 10.0. The van der Waals surface area contributed by atoms with Crippen LogP contribution in [0.15, 0.2) is 65.4 Å². The standard InChI is InChI=1S/C24H22N4O4/c1-15-21(16(2)32-27-15)14-31-20-6-4-5-18(13-20)24(30)26-19-9-7-17(8-10-19)22(29)23-25-11-12-28(23)3/h4-13H,14H2,1-3H3,(H,26,30). The zero-order valence-electron chi connectivity index (χ0n) is 18.0. The Morgan fingerprint density at radius 2 is 1.88 bits per heavy atom. The number of ketones is 1. The molecule has 0 saturated heterocycles. The Balaban J connectivity index is 1.41. The van der Waals surface area contributed by atoms with E-state index >= 15 is 0 Å². The third-order valence-corrected chi connectivity index (χ3v) is 5.09. The average Bonchev–Trinajstić information content (AvgIpc) is 3.37. The van der Waals surface area contributed by atoms with Gasteiger partial charge in [-0.3, -0.25) is 9.59 Å². The van der Waals surface area contributed by atoms with Crippen molar-refractivity contribution in [1.82, 2.24) is 14.7 Å². The molecule has 1 amide bonds. The van der Waals surface area contributed by atoms with E-state index in [1.165, 1.54) is 0 Å². The largest absolute Gasteiger partial charge is 0.489 e. The Kier molecular flexibility index (Phi) is 5.85. The molecule has 2 aromatic heterocycles. The highest BCUT2D eigenvalue weighted by atomic mass is 16.5. The van der Waals surface area contributed by atoms with Gasteiger partial charge in [0.25, 0.3) is 5.91 Å². The molecule has 0 aliphatic carbocycles. The molecule has 4 aromatic rings. The highest BCUT2D eigenvalue weighted by Gasteiger charge is 2.14. The van der Waals surface area contributed by atoms with Crippen LogP contribution in [0.25, 0.3) is 0 Å². The van der Waals surface area contributed by atoms with Crippen molar-refractivity contribution in [3.8, 4) is 5.75 Å². The molecule has 0 aliphatic rings. The Bertz CT molecular complexity index is 1250. The lowest BCUT2D eigenvalue weighted by Crippen LogP contribution is -2.13. The molecule has 0 atom stereocenters. The summed E-state index contributed by atoms with van der Waals surface area (Å²) in [6, 6.07) is 13.6. The molecule has 2 heterocycles. The lowest BCUT2D eigenvalue weighted by molar-refractivity contribution is 0.102. The number of aryl methyl sites for hydroxylation is 3. The Labute approximate surface area is 184 Å². The van der Waals surface area contributed by atoms with Gasteiger partial charge in [-0.15, -0.1) is 0 Å². The first kappa shape index (κ1) is 21.0. The van der Waals surface area contributed by atoms with Gasteiger partial charge in [-0.25, -0.2) is 4.98 Å². The number of anilines is 1. The first-order valence-electron chi connectivity index (χ1n) is 10.0. The minimum absolute atomic E-state index is 0.182. The molecule has 8 heteroatoms. The van der Waals surface area contributed by atoms with Gasteiger partial charge in [0.1, 0.15) is 18.1 Å². The fraction of sp³-hybridized carbons (Fsp3) is 0.167. The van der Waals surface area contributed by atoms with Gasteiger partial charge in [-0.1, -0.05) is 11.2 Å². The molecule has 0 aliphatic heterocycles. The summed E-state index contributed by atoms with van der Waals surface area (Å²) >= 11 is 0. The van der Waals surface area contributed by atoms with Gasteiger partial charge in [0.05, 0.1) is 11.3 Å². The number of carbonyl (C=O) groups is 2. The van der Waals surface area contributed by atoms with Crippen LogP contribution in [0.2, 0.25) is 0 Å². The zero-order chi connectivity index (χ0) is 22.7. The summed E-state index contributed by atoms with van der Waals surface area (Å²) in [6.45, 7) is 3.99. The highest BCUT2D eigenvalue weighted by Crippen LogP contribution is 2.20. The van der Waals surface area contributed by atoms with Gasteiger partial charge >= 0.3 is 0 Å². The van der Waals surface area contributed by atoms with Crippen LogP contribution in [0.4, 0.5) is 5.69 Å². The van der Waals surface area contributed by atoms with Gasteiger partial charge in [-0.2, -0.15) is 0 Å². The lowest BCUT2D eigenvalue weighted by atomic mass is 10.1. The molecule has 0 bridgehead atoms. The quantitative estimate of drug-likeness (QED) is 0.444. The predicted molar refractivity (Wildman–Crippen MR) is 118 cm³/mol. The number of imidazole rings is 1. The molecular formula is C24H22N4O4. The van der Waals surface area contributed by atoms with Crippen LogP contribution in [-0.4, -0.2) is 26.4 Å². The van der Waals surface area contributed by atoms with Crippen molar-refractivity contribution in [3.05, 3.63) is 94.9 Å². The summed E-state index contributed by atoms with van der Waals surface area (Å²) in [5.74, 6) is 1.17. The van der Waals surface area contributed by atoms with Crippen molar-refractivity contribution >= 4 is 17.4 Å². The fourth-order valence-electron chi connectivity index (χ4n) is 3.21. The second-order valence-electron chi connectivity index (χ2n) is 7.34. The Morgan fingerprint density at radius 3 is 2.53 bits per heavy atom. The molecule has 0 fully saturated rings. The minimum atomic E-state index is -0.282. The minimum Gasteiger partial charge on any atom is -0.489 e. The van der Waals surface area contributed by atoms with Crippen molar-refractivity contribution in [2.75, 3.05) is 5.32 Å². The number of hydrogen-bond acceptors (Lipinski definition) is 6. The molecule has 0 unspecified atom stereocenters. The number of amides is 1. The van der Waals surface area contributed by atoms with Crippen molar-refractivity contribution in [2.45, 2.75) is 20.5 Å². The monoisotopic (exact) mass is 430 g/mol. The predicted octanol–water partition coefficient (Wildman–Crippen LogP) is 4.09. The molecule has 162 valence electrons. The molecule has 0 spiro atoms. The summed E-state index contributed by atoms with van der Waals surface area (Å²) in [7, 11) is 1.76. The van der Waals surface area contributed by atoms with Gasteiger partial charge in [-0.05, 0) is 56.3 Å². The number of rotatable bonds is 7. The zero-order valence-corrected chi connectivity index (χ0v) is 18.0. The molecule has 2 aromatic carbocycles. The summed E-state index contributed by atoms with van der Waals surface area (Å²) in [6.07, 6.45) is 3.29. The molecule has 8 nitrogen and oxygen atoms in total. The molecular weight excluding hydrogens is 408 g/mol. The van der Waals surface area contributed by atoms with E-state index in [2.05, 4.69) is 15.5 Å². The SMILES string of the molecule is Cc1noc(C)c1COc1cccc(C(=O)Nc2ccc(C(=O)c3nccn3C)cc2)c1. The van der Waals surface area contributed by atoms with E-state index in [1.54, 1.807) is 72.5 Å². The van der Waals surface area contributed by atoms with Crippen molar-refractivity contribution < 1.29 is 18.8 Å². The van der Waals surface area contributed by atoms with Crippen LogP contribution in [0.1, 0.15) is 43.6 Å². The maximum absolute atomic E-state index is 12.7. The molecule has 1 N–H and O–H groups in total. The summed E-state index contributed by atoms with van der Waals surface area (Å²) in [5, 5.41) is 6.75. The number of nitrogens with one attached hydrogen (secondary N) is 1. The van der Waals surface area contributed by atoms with Crippen LogP contribution in [-0.2, 0) is 13.7 Å². The number of aromatic nitrogens is 3. The van der Waals surface area contributed by atoms with Crippen molar-refractivity contribution in [3.63, 3.8) is 0 Å². The normalized spacial score (nSPS) is 10.7. The fourth-order valence-corrected chi connectivity index (χ4v) is 3.21. The second kappa shape index (κ2) is 8.89. The van der Waals surface area contributed by atoms with E-state index in [0.29, 0.717) is 40.8 Å². The number of carbonyl (C=O) groups excluding carboxylic acids is 2. The Hall–Kier alpha value is -4.20. The van der Waals surface area contributed by atoms with Crippen molar-refractivity contribution in [2.24, 2.45) is 7.05 Å².